The highest BCUT2D eigenvalue weighted by Crippen LogP contribution is 2.27. The standard InChI is InChI=1S/C15H20N2O2/c18-13-5-1-3-11(7-13)8-15(19)17-6-2-4-12-9-16-10-14(12)17/h1,3,5,7,12,14,16,18H,2,4,6,8-10H2/t12-,14+/m0/s1. The zero-order chi connectivity index (χ0) is 13.2. The fourth-order valence-corrected chi connectivity index (χ4v) is 3.32. The highest BCUT2D eigenvalue weighted by atomic mass is 16.3. The van der Waals surface area contributed by atoms with Gasteiger partial charge in [0.05, 0.1) is 6.42 Å². The van der Waals surface area contributed by atoms with Crippen molar-refractivity contribution in [2.45, 2.75) is 25.3 Å². The summed E-state index contributed by atoms with van der Waals surface area (Å²) in [6, 6.07) is 7.36. The quantitative estimate of drug-likeness (QED) is 0.838. The number of benzene rings is 1. The van der Waals surface area contributed by atoms with Crippen molar-refractivity contribution in [1.29, 1.82) is 0 Å². The Morgan fingerprint density at radius 3 is 3.16 bits per heavy atom. The first-order valence-corrected chi connectivity index (χ1v) is 7.02. The molecular weight excluding hydrogens is 240 g/mol. The van der Waals surface area contributed by atoms with E-state index in [1.807, 2.05) is 11.0 Å². The maximum Gasteiger partial charge on any atom is 0.227 e. The number of fused-ring (bicyclic) bond motifs is 1. The van der Waals surface area contributed by atoms with Crippen molar-refractivity contribution in [3.63, 3.8) is 0 Å². The maximum absolute atomic E-state index is 12.4. The number of phenols is 1. The molecule has 2 fully saturated rings. The van der Waals surface area contributed by atoms with Crippen LogP contribution in [0.4, 0.5) is 0 Å². The molecule has 2 N–H and O–H groups in total. The molecule has 1 aromatic rings. The Labute approximate surface area is 113 Å². The van der Waals surface area contributed by atoms with Crippen molar-refractivity contribution in [1.82, 2.24) is 10.2 Å². The molecular formula is C15H20N2O2. The zero-order valence-corrected chi connectivity index (χ0v) is 11.0. The zero-order valence-electron chi connectivity index (χ0n) is 11.0. The monoisotopic (exact) mass is 260 g/mol. The number of nitrogens with zero attached hydrogens (tertiary/aromatic N) is 1. The van der Waals surface area contributed by atoms with Gasteiger partial charge >= 0.3 is 0 Å². The largest absolute Gasteiger partial charge is 0.508 e. The fourth-order valence-electron chi connectivity index (χ4n) is 3.32. The molecule has 0 aliphatic carbocycles. The molecule has 2 aliphatic rings. The van der Waals surface area contributed by atoms with Crippen LogP contribution in [0.5, 0.6) is 5.75 Å². The molecule has 0 unspecified atom stereocenters. The molecule has 2 heterocycles. The van der Waals surface area contributed by atoms with Crippen LogP contribution in [0.15, 0.2) is 24.3 Å². The van der Waals surface area contributed by atoms with Gasteiger partial charge in [-0.15, -0.1) is 0 Å². The Balaban J connectivity index is 1.69. The van der Waals surface area contributed by atoms with Gasteiger partial charge in [0, 0.05) is 25.7 Å². The summed E-state index contributed by atoms with van der Waals surface area (Å²) < 4.78 is 0. The van der Waals surface area contributed by atoms with Crippen molar-refractivity contribution < 1.29 is 9.90 Å². The number of phenolic OH excluding ortho intramolecular Hbond substituents is 1. The van der Waals surface area contributed by atoms with Gasteiger partial charge in [-0.25, -0.2) is 0 Å². The van der Waals surface area contributed by atoms with E-state index in [9.17, 15) is 9.90 Å². The highest BCUT2D eigenvalue weighted by molar-refractivity contribution is 5.79. The Hall–Kier alpha value is -1.55. The average molecular weight is 260 g/mol. The predicted octanol–water partition coefficient (Wildman–Crippen LogP) is 1.15. The highest BCUT2D eigenvalue weighted by Gasteiger charge is 2.36. The number of hydrogen-bond donors (Lipinski definition) is 2. The van der Waals surface area contributed by atoms with Crippen molar-refractivity contribution in [3.8, 4) is 5.75 Å². The van der Waals surface area contributed by atoms with Crippen LogP contribution in [0.3, 0.4) is 0 Å². The molecule has 1 aromatic carbocycles. The maximum atomic E-state index is 12.4. The van der Waals surface area contributed by atoms with Crippen LogP contribution < -0.4 is 5.32 Å². The lowest BCUT2D eigenvalue weighted by molar-refractivity contribution is -0.134. The normalized spacial score (nSPS) is 26.2. The molecule has 102 valence electrons. The number of likely N-dealkylation sites (tertiary alicyclic amines) is 1. The van der Waals surface area contributed by atoms with Gasteiger partial charge in [0.15, 0.2) is 0 Å². The molecule has 0 spiro atoms. The summed E-state index contributed by atoms with van der Waals surface area (Å²) in [5, 5.41) is 12.8. The lowest BCUT2D eigenvalue weighted by Crippen LogP contribution is -2.48. The topological polar surface area (TPSA) is 52.6 Å². The van der Waals surface area contributed by atoms with E-state index in [4.69, 9.17) is 0 Å². The number of carbonyl (C=O) groups excluding carboxylic acids is 1. The van der Waals surface area contributed by atoms with Gasteiger partial charge in [0.25, 0.3) is 0 Å². The Morgan fingerprint density at radius 2 is 2.32 bits per heavy atom. The number of hydrogen-bond acceptors (Lipinski definition) is 3. The van der Waals surface area contributed by atoms with E-state index < -0.39 is 0 Å². The van der Waals surface area contributed by atoms with E-state index in [1.165, 1.54) is 6.42 Å². The second-order valence-electron chi connectivity index (χ2n) is 5.56. The molecule has 4 nitrogen and oxygen atoms in total. The fraction of sp³-hybridized carbons (Fsp3) is 0.533. The molecule has 0 saturated carbocycles. The average Bonchev–Trinajstić information content (AvgIpc) is 2.86. The molecule has 2 saturated heterocycles. The number of aromatic hydroxyl groups is 1. The van der Waals surface area contributed by atoms with Crippen molar-refractivity contribution >= 4 is 5.91 Å². The van der Waals surface area contributed by atoms with Gasteiger partial charge in [-0.1, -0.05) is 12.1 Å². The molecule has 3 rings (SSSR count). The molecule has 2 aliphatic heterocycles. The lowest BCUT2D eigenvalue weighted by Gasteiger charge is -2.37. The third-order valence-electron chi connectivity index (χ3n) is 4.26. The van der Waals surface area contributed by atoms with Gasteiger partial charge in [-0.05, 0) is 36.5 Å². The molecule has 1 amide bonds. The molecule has 0 aromatic heterocycles. The summed E-state index contributed by atoms with van der Waals surface area (Å²) >= 11 is 0. The number of amides is 1. The second kappa shape index (κ2) is 5.21. The minimum absolute atomic E-state index is 0.184. The number of piperidine rings is 1. The molecule has 0 bridgehead atoms. The predicted molar refractivity (Wildman–Crippen MR) is 72.9 cm³/mol. The van der Waals surface area contributed by atoms with Gasteiger partial charge < -0.3 is 15.3 Å². The smallest absolute Gasteiger partial charge is 0.227 e. The first-order valence-electron chi connectivity index (χ1n) is 7.02. The van der Waals surface area contributed by atoms with Crippen molar-refractivity contribution in [2.75, 3.05) is 19.6 Å². The Morgan fingerprint density at radius 1 is 1.42 bits per heavy atom. The van der Waals surface area contributed by atoms with Crippen LogP contribution in [0.25, 0.3) is 0 Å². The first-order chi connectivity index (χ1) is 9.24. The number of carbonyl (C=O) groups is 1. The number of rotatable bonds is 2. The van der Waals surface area contributed by atoms with Gasteiger partial charge in [0.2, 0.25) is 5.91 Å². The van der Waals surface area contributed by atoms with Crippen LogP contribution in [0, 0.1) is 5.92 Å². The Kier molecular flexibility index (Phi) is 3.42. The summed E-state index contributed by atoms with van der Waals surface area (Å²) in [5.74, 6) is 1.04. The third-order valence-corrected chi connectivity index (χ3v) is 4.26. The Bertz CT molecular complexity index is 475. The van der Waals surface area contributed by atoms with Gasteiger partial charge in [-0.3, -0.25) is 4.79 Å². The van der Waals surface area contributed by atoms with Crippen LogP contribution in [-0.2, 0) is 11.2 Å². The van der Waals surface area contributed by atoms with E-state index in [0.717, 1.165) is 31.6 Å². The molecule has 19 heavy (non-hydrogen) atoms. The van der Waals surface area contributed by atoms with E-state index in [0.29, 0.717) is 18.4 Å². The van der Waals surface area contributed by atoms with E-state index >= 15 is 0 Å². The van der Waals surface area contributed by atoms with Crippen LogP contribution >= 0.6 is 0 Å². The number of nitrogens with one attached hydrogen (secondary N) is 1. The van der Waals surface area contributed by atoms with Gasteiger partial charge in [-0.2, -0.15) is 0 Å². The summed E-state index contributed by atoms with van der Waals surface area (Å²) in [6.45, 7) is 2.84. The van der Waals surface area contributed by atoms with Crippen molar-refractivity contribution in [3.05, 3.63) is 29.8 Å². The summed E-state index contributed by atoms with van der Waals surface area (Å²) in [6.07, 6.45) is 2.72. The molecule has 2 atom stereocenters. The van der Waals surface area contributed by atoms with Crippen LogP contribution in [0.1, 0.15) is 18.4 Å². The summed E-state index contributed by atoms with van der Waals surface area (Å²) in [4.78, 5) is 14.5. The first kappa shape index (κ1) is 12.5. The molecule has 4 heteroatoms. The minimum atomic E-state index is 0.184. The van der Waals surface area contributed by atoms with Gasteiger partial charge in [0.1, 0.15) is 5.75 Å². The van der Waals surface area contributed by atoms with E-state index in [1.54, 1.807) is 18.2 Å². The van der Waals surface area contributed by atoms with Crippen LogP contribution in [0.2, 0.25) is 0 Å². The van der Waals surface area contributed by atoms with Crippen molar-refractivity contribution in [2.24, 2.45) is 5.92 Å². The SMILES string of the molecule is O=C(Cc1cccc(O)c1)N1CCC[C@H]2CNC[C@H]21. The second-order valence-corrected chi connectivity index (χ2v) is 5.56. The summed E-state index contributed by atoms with van der Waals surface area (Å²) in [7, 11) is 0. The lowest BCUT2D eigenvalue weighted by atomic mass is 9.91. The van der Waals surface area contributed by atoms with E-state index in [2.05, 4.69) is 5.32 Å². The molecule has 0 radical (unpaired) electrons. The van der Waals surface area contributed by atoms with E-state index in [-0.39, 0.29) is 11.7 Å². The van der Waals surface area contributed by atoms with Crippen LogP contribution in [-0.4, -0.2) is 41.6 Å². The third kappa shape index (κ3) is 2.59. The minimum Gasteiger partial charge on any atom is -0.508 e. The summed E-state index contributed by atoms with van der Waals surface area (Å²) in [5.41, 5.74) is 0.887.